The zero-order valence-electron chi connectivity index (χ0n) is 21.3. The van der Waals surface area contributed by atoms with Gasteiger partial charge < -0.3 is 9.81 Å². The average molecular weight is 621 g/mol. The van der Waals surface area contributed by atoms with Crippen LogP contribution in [-0.2, 0) is 24.3 Å². The number of hydrogen-bond acceptors (Lipinski definition) is 10. The molecule has 0 atom stereocenters. The number of benzene rings is 2. The number of amides is 1. The summed E-state index contributed by atoms with van der Waals surface area (Å²) in [4.78, 5) is 26.0. The predicted molar refractivity (Wildman–Crippen MR) is 131 cm³/mol. The molecule has 0 bridgehead atoms. The molecule has 0 saturated heterocycles. The molecule has 2 aromatic carbocycles. The summed E-state index contributed by atoms with van der Waals surface area (Å²) >= 11 is 0.726. The van der Waals surface area contributed by atoms with Gasteiger partial charge in [-0.05, 0) is 74.5 Å². The number of hydrazone groups is 1. The van der Waals surface area contributed by atoms with Gasteiger partial charge in [0.25, 0.3) is 11.5 Å². The van der Waals surface area contributed by atoms with Crippen LogP contribution in [0.4, 0.5) is 5.69 Å². The molecule has 1 aliphatic rings. The van der Waals surface area contributed by atoms with E-state index in [1.54, 1.807) is 56.3 Å². The number of carbonyl (C=O) groups excluding carboxylic acids is 1. The SMILES string of the molecule is CC1=NN(c2ccc(SOO[O-])cc2)C(=O)/C1=C/C=C/c1c(C)[nH]n(-c2ccc(S(=O)(=O)[O-])cc2)c1=O.[K+].[K+]. The van der Waals surface area contributed by atoms with Crippen LogP contribution in [0.2, 0.25) is 0 Å². The van der Waals surface area contributed by atoms with E-state index in [9.17, 15) is 27.8 Å². The van der Waals surface area contributed by atoms with Crippen LogP contribution in [0.5, 0.6) is 0 Å². The first kappa shape index (κ1) is 34.7. The Balaban J connectivity index is 0.00000267. The van der Waals surface area contributed by atoms with E-state index in [1.165, 1.54) is 21.8 Å². The quantitative estimate of drug-likeness (QED) is 0.0658. The maximum Gasteiger partial charge on any atom is 1.00 e. The van der Waals surface area contributed by atoms with Crippen molar-refractivity contribution in [1.29, 1.82) is 0 Å². The Hall–Kier alpha value is -0.517. The van der Waals surface area contributed by atoms with Gasteiger partial charge in [-0.15, -0.1) is 0 Å². The van der Waals surface area contributed by atoms with Gasteiger partial charge in [0.05, 0.1) is 45.2 Å². The molecule has 2 heterocycles. The third-order valence-electron chi connectivity index (χ3n) is 5.33. The summed E-state index contributed by atoms with van der Waals surface area (Å²) in [6.45, 7) is 3.37. The van der Waals surface area contributed by atoms with Crippen molar-refractivity contribution in [1.82, 2.24) is 9.78 Å². The molecule has 1 aliphatic heterocycles. The molecule has 16 heteroatoms. The molecule has 0 unspecified atom stereocenters. The standard InChI is InChI=1S/C23H20N4O8S2.2K/c1-14-20(22(28)26(24-14)16-6-10-18(11-7-16)36-35-34-30)4-3-5-21-15(2)25-27(23(21)29)17-8-12-19(13-9-17)37(31,32)33;;/h3-13,25,30H,1-2H3,(H,31,32,33);;/q;2*+1/p-2/b5-3+,20-4+;;. The summed E-state index contributed by atoms with van der Waals surface area (Å²) in [5, 5.41) is 21.7. The molecule has 12 nitrogen and oxygen atoms in total. The number of carbonyl (C=O) groups is 1. The van der Waals surface area contributed by atoms with E-state index in [1.807, 2.05) is 0 Å². The van der Waals surface area contributed by atoms with Crippen molar-refractivity contribution in [2.24, 2.45) is 5.10 Å². The zero-order valence-corrected chi connectivity index (χ0v) is 29.2. The summed E-state index contributed by atoms with van der Waals surface area (Å²) < 4.78 is 38.9. The number of allylic oxidation sites excluding steroid dienone is 2. The third kappa shape index (κ3) is 8.28. The van der Waals surface area contributed by atoms with Crippen molar-refractivity contribution in [2.75, 3.05) is 5.01 Å². The van der Waals surface area contributed by atoms with Crippen molar-refractivity contribution >= 4 is 45.5 Å². The van der Waals surface area contributed by atoms with Gasteiger partial charge in [0.1, 0.15) is 10.1 Å². The average Bonchev–Trinajstić information content (AvgIpc) is 3.32. The Morgan fingerprint density at radius 2 is 1.62 bits per heavy atom. The fraction of sp³-hybridized carbons (Fsp3) is 0.0870. The molecule has 39 heavy (non-hydrogen) atoms. The van der Waals surface area contributed by atoms with Gasteiger partial charge in [0.15, 0.2) is 0 Å². The smallest absolute Gasteiger partial charge is 0.744 e. The van der Waals surface area contributed by atoms with Crippen LogP contribution in [0, 0.1) is 6.92 Å². The van der Waals surface area contributed by atoms with Crippen molar-refractivity contribution < 1.29 is 135 Å². The molecule has 192 valence electrons. The van der Waals surface area contributed by atoms with E-state index in [4.69, 9.17) is 0 Å². The summed E-state index contributed by atoms with van der Waals surface area (Å²) in [6, 6.07) is 11.5. The summed E-state index contributed by atoms with van der Waals surface area (Å²) in [5.74, 6) is -0.363. The van der Waals surface area contributed by atoms with E-state index in [0.717, 1.165) is 24.2 Å². The minimum Gasteiger partial charge on any atom is -0.744 e. The van der Waals surface area contributed by atoms with Gasteiger partial charge in [-0.3, -0.25) is 19.7 Å². The van der Waals surface area contributed by atoms with Crippen LogP contribution < -0.4 is 119 Å². The fourth-order valence-corrected chi connectivity index (χ4v) is 4.34. The second-order valence-corrected chi connectivity index (χ2v) is 9.85. The van der Waals surface area contributed by atoms with Gasteiger partial charge in [0.2, 0.25) is 0 Å². The first-order chi connectivity index (χ1) is 17.6. The van der Waals surface area contributed by atoms with Gasteiger partial charge in [0, 0.05) is 10.6 Å². The number of rotatable bonds is 8. The number of nitrogens with one attached hydrogen (secondary N) is 1. The first-order valence-electron chi connectivity index (χ1n) is 10.5. The van der Waals surface area contributed by atoms with Crippen LogP contribution >= 0.6 is 12.0 Å². The van der Waals surface area contributed by atoms with Crippen LogP contribution in [0.25, 0.3) is 11.8 Å². The molecule has 4 rings (SSSR count). The van der Waals surface area contributed by atoms with Crippen LogP contribution in [-0.4, -0.2) is 34.4 Å². The molecule has 0 saturated carbocycles. The van der Waals surface area contributed by atoms with Crippen LogP contribution in [0.3, 0.4) is 0 Å². The Kier molecular flexibility index (Phi) is 13.4. The van der Waals surface area contributed by atoms with Gasteiger partial charge in [-0.1, -0.05) is 6.08 Å². The maximum atomic E-state index is 12.9. The van der Waals surface area contributed by atoms with E-state index in [-0.39, 0.29) is 109 Å². The first-order valence-corrected chi connectivity index (χ1v) is 12.6. The number of H-pyrrole nitrogens is 1. The minimum atomic E-state index is -4.60. The molecule has 1 N–H and O–H groups in total. The molecular formula is C23H18K2N4O8S2. The molecule has 0 fully saturated rings. The van der Waals surface area contributed by atoms with Crippen molar-refractivity contribution in [3.05, 3.63) is 87.9 Å². The summed E-state index contributed by atoms with van der Waals surface area (Å²) in [7, 11) is -4.60. The van der Waals surface area contributed by atoms with Gasteiger partial charge >= 0.3 is 103 Å². The normalized spacial score (nSPS) is 14.5. The molecule has 0 spiro atoms. The molecular weight excluding hydrogens is 603 g/mol. The number of anilines is 1. The minimum absolute atomic E-state index is 0. The molecule has 3 aromatic rings. The Labute approximate surface area is 312 Å². The van der Waals surface area contributed by atoms with E-state index >= 15 is 0 Å². The largest absolute Gasteiger partial charge is 1.00 e. The summed E-state index contributed by atoms with van der Waals surface area (Å²) in [6.07, 6.45) is 4.65. The van der Waals surface area contributed by atoms with Crippen molar-refractivity contribution in [3.63, 3.8) is 0 Å². The monoisotopic (exact) mass is 620 g/mol. The Morgan fingerprint density at radius 1 is 1.00 bits per heavy atom. The van der Waals surface area contributed by atoms with Gasteiger partial charge in [-0.25, -0.2) is 13.1 Å². The summed E-state index contributed by atoms with van der Waals surface area (Å²) in [5.41, 5.74) is 2.12. The molecule has 1 amide bonds. The number of aromatic amines is 1. The van der Waals surface area contributed by atoms with Crippen LogP contribution in [0.15, 0.2) is 85.9 Å². The Morgan fingerprint density at radius 3 is 2.21 bits per heavy atom. The predicted octanol–water partition coefficient (Wildman–Crippen LogP) is -4.02. The van der Waals surface area contributed by atoms with Crippen molar-refractivity contribution in [3.8, 4) is 5.69 Å². The van der Waals surface area contributed by atoms with E-state index < -0.39 is 20.6 Å². The molecule has 0 radical (unpaired) electrons. The third-order valence-corrected chi connectivity index (χ3v) is 6.77. The zero-order chi connectivity index (χ0) is 26.7. The van der Waals surface area contributed by atoms with E-state index in [2.05, 4.69) is 19.6 Å². The number of nitrogens with zero attached hydrogens (tertiary/aromatic N) is 3. The van der Waals surface area contributed by atoms with E-state index in [0.29, 0.717) is 38.8 Å². The fourth-order valence-electron chi connectivity index (χ4n) is 3.52. The Bertz CT molecular complexity index is 1600. The number of aromatic nitrogens is 2. The second kappa shape index (κ2) is 15.1. The topological polar surface area (TPSA) is 169 Å². The van der Waals surface area contributed by atoms with Crippen molar-refractivity contribution in [2.45, 2.75) is 23.6 Å². The second-order valence-electron chi connectivity index (χ2n) is 7.69. The maximum absolute atomic E-state index is 12.9. The van der Waals surface area contributed by atoms with Gasteiger partial charge in [-0.2, -0.15) is 14.4 Å². The van der Waals surface area contributed by atoms with Crippen LogP contribution in [0.1, 0.15) is 18.2 Å². The molecule has 0 aliphatic carbocycles. The molecule has 1 aromatic heterocycles. The number of aryl methyl sites for hydroxylation is 1. The number of hydrogen-bond donors (Lipinski definition) is 1.